The monoisotopic (exact) mass is 263 g/mol. The third-order valence-electron chi connectivity index (χ3n) is 3.20. The molecule has 0 radical (unpaired) electrons. The minimum Gasteiger partial charge on any atom is -0.481 e. The van der Waals surface area contributed by atoms with Gasteiger partial charge in [0.15, 0.2) is 0 Å². The quantitative estimate of drug-likeness (QED) is 0.853. The molecule has 0 spiro atoms. The summed E-state index contributed by atoms with van der Waals surface area (Å²) >= 11 is 0. The van der Waals surface area contributed by atoms with Crippen LogP contribution in [0.1, 0.15) is 29.2 Å². The van der Waals surface area contributed by atoms with Gasteiger partial charge in [0.1, 0.15) is 0 Å². The first-order valence-electron chi connectivity index (χ1n) is 6.37. The fourth-order valence-electron chi connectivity index (χ4n) is 2.07. The highest BCUT2D eigenvalue weighted by Gasteiger charge is 2.13. The molecule has 2 N–H and O–H groups in total. The summed E-state index contributed by atoms with van der Waals surface area (Å²) in [6, 6.07) is 4.10. The predicted molar refractivity (Wildman–Crippen MR) is 74.2 cm³/mol. The second kappa shape index (κ2) is 6.36. The molecule has 19 heavy (non-hydrogen) atoms. The molecule has 1 atom stereocenters. The van der Waals surface area contributed by atoms with E-state index in [0.717, 1.165) is 16.7 Å². The maximum atomic E-state index is 11.8. The standard InChI is InChI=1S/C15H21NO3/c1-9-5-10(2)13(11(3)6-9)7-14(17)16-8-12(4)15(18)19/h5-6,12H,7-8H2,1-4H3,(H,16,17)(H,18,19). The van der Waals surface area contributed by atoms with Crippen LogP contribution in [0.25, 0.3) is 0 Å². The molecule has 0 saturated carbocycles. The Morgan fingerprint density at radius 2 is 1.74 bits per heavy atom. The maximum absolute atomic E-state index is 11.8. The van der Waals surface area contributed by atoms with Gasteiger partial charge in [-0.05, 0) is 37.5 Å². The van der Waals surface area contributed by atoms with Crippen molar-refractivity contribution >= 4 is 11.9 Å². The summed E-state index contributed by atoms with van der Waals surface area (Å²) in [5.41, 5.74) is 4.39. The molecule has 4 heteroatoms. The topological polar surface area (TPSA) is 66.4 Å². The average molecular weight is 263 g/mol. The number of hydrogen-bond acceptors (Lipinski definition) is 2. The van der Waals surface area contributed by atoms with E-state index in [1.807, 2.05) is 20.8 Å². The average Bonchev–Trinajstić information content (AvgIpc) is 2.30. The van der Waals surface area contributed by atoms with E-state index in [1.165, 1.54) is 5.56 Å². The number of benzene rings is 1. The SMILES string of the molecule is Cc1cc(C)c(CC(=O)NCC(C)C(=O)O)c(C)c1. The van der Waals surface area contributed by atoms with Gasteiger partial charge in [-0.25, -0.2) is 0 Å². The second-order valence-corrected chi connectivity index (χ2v) is 5.10. The van der Waals surface area contributed by atoms with Gasteiger partial charge in [0, 0.05) is 6.54 Å². The number of carbonyl (C=O) groups is 2. The third kappa shape index (κ3) is 4.39. The molecule has 104 valence electrons. The zero-order chi connectivity index (χ0) is 14.6. The summed E-state index contributed by atoms with van der Waals surface area (Å²) in [5, 5.41) is 11.4. The number of carboxylic acid groups (broad SMARTS) is 1. The molecule has 4 nitrogen and oxygen atoms in total. The van der Waals surface area contributed by atoms with Crippen molar-refractivity contribution in [2.45, 2.75) is 34.1 Å². The van der Waals surface area contributed by atoms with Crippen molar-refractivity contribution in [3.05, 3.63) is 34.4 Å². The number of amides is 1. The molecule has 0 heterocycles. The molecule has 1 rings (SSSR count). The fraction of sp³-hybridized carbons (Fsp3) is 0.467. The first-order chi connectivity index (χ1) is 8.81. The van der Waals surface area contributed by atoms with Gasteiger partial charge in [-0.1, -0.05) is 24.6 Å². The van der Waals surface area contributed by atoms with Gasteiger partial charge < -0.3 is 10.4 Å². The molecule has 0 aliphatic rings. The summed E-state index contributed by atoms with van der Waals surface area (Å²) in [6.07, 6.45) is 0.296. The van der Waals surface area contributed by atoms with E-state index in [1.54, 1.807) is 6.92 Å². The van der Waals surface area contributed by atoms with Crippen LogP contribution in [0, 0.1) is 26.7 Å². The van der Waals surface area contributed by atoms with Gasteiger partial charge in [0.05, 0.1) is 12.3 Å². The van der Waals surface area contributed by atoms with Crippen LogP contribution in [-0.4, -0.2) is 23.5 Å². The molecule has 1 aromatic carbocycles. The highest BCUT2D eigenvalue weighted by molar-refractivity contribution is 5.80. The van der Waals surface area contributed by atoms with Gasteiger partial charge in [0.25, 0.3) is 0 Å². The molecule has 0 aliphatic heterocycles. The van der Waals surface area contributed by atoms with Gasteiger partial charge in [0.2, 0.25) is 5.91 Å². The first-order valence-corrected chi connectivity index (χ1v) is 6.37. The summed E-state index contributed by atoms with van der Waals surface area (Å²) in [7, 11) is 0. The van der Waals surface area contributed by atoms with Gasteiger partial charge in [-0.2, -0.15) is 0 Å². The molecule has 1 aromatic rings. The largest absolute Gasteiger partial charge is 0.481 e. The van der Waals surface area contributed by atoms with Crippen LogP contribution in [-0.2, 0) is 16.0 Å². The Bertz CT molecular complexity index is 471. The second-order valence-electron chi connectivity index (χ2n) is 5.10. The van der Waals surface area contributed by atoms with Crippen molar-refractivity contribution < 1.29 is 14.7 Å². The Morgan fingerprint density at radius 3 is 2.21 bits per heavy atom. The number of nitrogens with one attached hydrogen (secondary N) is 1. The molecular formula is C15H21NO3. The molecule has 0 fully saturated rings. The van der Waals surface area contributed by atoms with Crippen molar-refractivity contribution in [1.29, 1.82) is 0 Å². The number of carboxylic acids is 1. The minimum absolute atomic E-state index is 0.136. The number of aliphatic carboxylic acids is 1. The lowest BCUT2D eigenvalue weighted by Gasteiger charge is -2.12. The number of rotatable bonds is 5. The van der Waals surface area contributed by atoms with Crippen molar-refractivity contribution in [3.63, 3.8) is 0 Å². The highest BCUT2D eigenvalue weighted by Crippen LogP contribution is 2.16. The summed E-state index contributed by atoms with van der Waals surface area (Å²) in [5.74, 6) is -1.60. The zero-order valence-corrected chi connectivity index (χ0v) is 11.9. The van der Waals surface area contributed by atoms with Crippen LogP contribution < -0.4 is 5.32 Å². The number of aryl methyl sites for hydroxylation is 3. The summed E-state index contributed by atoms with van der Waals surface area (Å²) in [4.78, 5) is 22.5. The Hall–Kier alpha value is -1.84. The third-order valence-corrected chi connectivity index (χ3v) is 3.20. The van der Waals surface area contributed by atoms with Crippen LogP contribution >= 0.6 is 0 Å². The molecule has 0 bridgehead atoms. The minimum atomic E-state index is -0.900. The van der Waals surface area contributed by atoms with Crippen molar-refractivity contribution in [3.8, 4) is 0 Å². The van der Waals surface area contributed by atoms with Gasteiger partial charge in [-0.15, -0.1) is 0 Å². The predicted octanol–water partition coefficient (Wildman–Crippen LogP) is 1.99. The Balaban J connectivity index is 2.65. The molecule has 1 amide bonds. The van der Waals surface area contributed by atoms with Gasteiger partial charge >= 0.3 is 5.97 Å². The molecule has 0 aliphatic carbocycles. The maximum Gasteiger partial charge on any atom is 0.308 e. The van der Waals surface area contributed by atoms with Crippen molar-refractivity contribution in [2.75, 3.05) is 6.54 Å². The molecule has 0 saturated heterocycles. The van der Waals surface area contributed by atoms with E-state index in [0.29, 0.717) is 6.42 Å². The van der Waals surface area contributed by atoms with E-state index in [-0.39, 0.29) is 12.5 Å². The molecular weight excluding hydrogens is 242 g/mol. The highest BCUT2D eigenvalue weighted by atomic mass is 16.4. The van der Waals surface area contributed by atoms with E-state index < -0.39 is 11.9 Å². The molecule has 1 unspecified atom stereocenters. The summed E-state index contributed by atoms with van der Waals surface area (Å²) in [6.45, 7) is 7.74. The van der Waals surface area contributed by atoms with Gasteiger partial charge in [-0.3, -0.25) is 9.59 Å². The Morgan fingerprint density at radius 1 is 1.21 bits per heavy atom. The number of carbonyl (C=O) groups excluding carboxylic acids is 1. The Labute approximate surface area is 113 Å². The first kappa shape index (κ1) is 15.2. The van der Waals surface area contributed by atoms with Crippen LogP contribution in [0.15, 0.2) is 12.1 Å². The van der Waals surface area contributed by atoms with E-state index in [9.17, 15) is 9.59 Å². The summed E-state index contributed by atoms with van der Waals surface area (Å²) < 4.78 is 0. The van der Waals surface area contributed by atoms with E-state index in [2.05, 4.69) is 17.4 Å². The fourth-order valence-corrected chi connectivity index (χ4v) is 2.07. The van der Waals surface area contributed by atoms with E-state index >= 15 is 0 Å². The molecule has 0 aromatic heterocycles. The Kier molecular flexibility index (Phi) is 5.10. The van der Waals surface area contributed by atoms with Crippen LogP contribution in [0.3, 0.4) is 0 Å². The van der Waals surface area contributed by atoms with Crippen LogP contribution in [0.5, 0.6) is 0 Å². The van der Waals surface area contributed by atoms with Crippen LogP contribution in [0.4, 0.5) is 0 Å². The van der Waals surface area contributed by atoms with Crippen molar-refractivity contribution in [1.82, 2.24) is 5.32 Å². The lowest BCUT2D eigenvalue weighted by Crippen LogP contribution is -2.32. The van der Waals surface area contributed by atoms with Crippen molar-refractivity contribution in [2.24, 2.45) is 5.92 Å². The smallest absolute Gasteiger partial charge is 0.308 e. The zero-order valence-electron chi connectivity index (χ0n) is 11.9. The lowest BCUT2D eigenvalue weighted by molar-refractivity contribution is -0.141. The van der Waals surface area contributed by atoms with Crippen LogP contribution in [0.2, 0.25) is 0 Å². The number of hydrogen-bond donors (Lipinski definition) is 2. The normalized spacial score (nSPS) is 12.0. The lowest BCUT2D eigenvalue weighted by atomic mass is 9.97. The van der Waals surface area contributed by atoms with E-state index in [4.69, 9.17) is 5.11 Å².